The van der Waals surface area contributed by atoms with E-state index < -0.39 is 40.3 Å². The Kier molecular flexibility index (Phi) is 11.4. The van der Waals surface area contributed by atoms with E-state index in [9.17, 15) is 23.1 Å². The van der Waals surface area contributed by atoms with Gasteiger partial charge < -0.3 is 24.6 Å². The number of nitrogens with zero attached hydrogens (tertiary/aromatic N) is 2. The van der Waals surface area contributed by atoms with Crippen LogP contribution in [0.4, 0.5) is 10.5 Å². The number of hydrogen-bond acceptors (Lipinski definition) is 8. The summed E-state index contributed by atoms with van der Waals surface area (Å²) in [5, 5.41) is 14.4. The van der Waals surface area contributed by atoms with Gasteiger partial charge in [0.1, 0.15) is 11.5 Å². The Labute approximate surface area is 264 Å². The molecule has 0 radical (unpaired) electrons. The molecule has 12 heteroatoms. The number of methoxy groups -OCH3 is 2. The second kappa shape index (κ2) is 15.2. The lowest BCUT2D eigenvalue weighted by Crippen LogP contribution is -2.53. The molecule has 0 unspecified atom stereocenters. The Morgan fingerprint density at radius 3 is 2.36 bits per heavy atom. The van der Waals surface area contributed by atoms with Crippen molar-refractivity contribution < 1.29 is 37.3 Å². The molecule has 0 spiro atoms. The van der Waals surface area contributed by atoms with E-state index in [2.05, 4.69) is 5.32 Å². The number of benzene rings is 3. The molecule has 3 aromatic rings. The van der Waals surface area contributed by atoms with Gasteiger partial charge in [0.05, 0.1) is 43.5 Å². The lowest BCUT2D eigenvalue weighted by atomic mass is 10.0. The predicted molar refractivity (Wildman–Crippen MR) is 170 cm³/mol. The molecule has 1 aliphatic rings. The van der Waals surface area contributed by atoms with Crippen molar-refractivity contribution in [2.24, 2.45) is 5.92 Å². The lowest BCUT2D eigenvalue weighted by molar-refractivity contribution is -0.129. The van der Waals surface area contributed by atoms with Gasteiger partial charge in [0.15, 0.2) is 6.10 Å². The maximum atomic E-state index is 13.8. The number of anilines is 1. The van der Waals surface area contributed by atoms with Crippen LogP contribution in [0.5, 0.6) is 11.5 Å². The number of sulfonamides is 1. The molecule has 2 N–H and O–H groups in total. The van der Waals surface area contributed by atoms with Crippen molar-refractivity contribution in [3.05, 3.63) is 84.4 Å². The van der Waals surface area contributed by atoms with Gasteiger partial charge in [-0.3, -0.25) is 9.69 Å². The SMILES string of the molecule is CC[C@H](C)CN(C[C@@H](O)[C@H](Cc1ccccc1)NC(=O)[C@@H]1CN(c2cccc(OC)c2)C(=O)O1)S(=O)(=O)c1ccc(OC)cc1. The summed E-state index contributed by atoms with van der Waals surface area (Å²) in [4.78, 5) is 27.6. The molecule has 4 rings (SSSR count). The number of aliphatic hydroxyl groups is 1. The number of cyclic esters (lactones) is 1. The van der Waals surface area contributed by atoms with Gasteiger partial charge in [0.2, 0.25) is 10.0 Å². The third-order valence-corrected chi connectivity index (χ3v) is 9.71. The number of carbonyl (C=O) groups is 2. The van der Waals surface area contributed by atoms with Gasteiger partial charge in [-0.25, -0.2) is 13.2 Å². The van der Waals surface area contributed by atoms with Crippen molar-refractivity contribution in [3.63, 3.8) is 0 Å². The van der Waals surface area contributed by atoms with Crippen molar-refractivity contribution >= 4 is 27.7 Å². The zero-order valence-electron chi connectivity index (χ0n) is 26.0. The fraction of sp³-hybridized carbons (Fsp3) is 0.394. The maximum Gasteiger partial charge on any atom is 0.415 e. The molecule has 11 nitrogen and oxygen atoms in total. The van der Waals surface area contributed by atoms with Gasteiger partial charge in [-0.2, -0.15) is 4.31 Å². The van der Waals surface area contributed by atoms with Crippen molar-refractivity contribution in [1.82, 2.24) is 9.62 Å². The highest BCUT2D eigenvalue weighted by Gasteiger charge is 2.39. The summed E-state index contributed by atoms with van der Waals surface area (Å²) in [5.41, 5.74) is 1.34. The molecule has 0 bridgehead atoms. The van der Waals surface area contributed by atoms with Gasteiger partial charge >= 0.3 is 6.09 Å². The number of nitrogens with one attached hydrogen (secondary N) is 1. The predicted octanol–water partition coefficient (Wildman–Crippen LogP) is 3.85. The van der Waals surface area contributed by atoms with E-state index in [-0.39, 0.29) is 36.9 Å². The summed E-state index contributed by atoms with van der Waals surface area (Å²) < 4.78 is 44.7. The molecule has 0 aromatic heterocycles. The molecular weight excluding hydrogens is 598 g/mol. The highest BCUT2D eigenvalue weighted by molar-refractivity contribution is 7.89. The van der Waals surface area contributed by atoms with Crippen molar-refractivity contribution in [3.8, 4) is 11.5 Å². The highest BCUT2D eigenvalue weighted by atomic mass is 32.2. The van der Waals surface area contributed by atoms with Gasteiger partial charge in [-0.05, 0) is 54.3 Å². The summed E-state index contributed by atoms with van der Waals surface area (Å²) in [6, 6.07) is 21.3. The highest BCUT2D eigenvalue weighted by Crippen LogP contribution is 2.26. The van der Waals surface area contributed by atoms with Crippen LogP contribution < -0.4 is 19.7 Å². The smallest absolute Gasteiger partial charge is 0.415 e. The Balaban J connectivity index is 1.56. The van der Waals surface area contributed by atoms with Crippen LogP contribution in [0, 0.1) is 5.92 Å². The third-order valence-electron chi connectivity index (χ3n) is 7.86. The topological polar surface area (TPSA) is 135 Å². The molecule has 242 valence electrons. The van der Waals surface area contributed by atoms with Crippen LogP contribution in [0.2, 0.25) is 0 Å². The normalized spacial score (nSPS) is 17.0. The fourth-order valence-corrected chi connectivity index (χ4v) is 6.57. The molecule has 1 heterocycles. The maximum absolute atomic E-state index is 13.8. The molecule has 1 fully saturated rings. The molecule has 4 atom stereocenters. The molecular formula is C33H41N3O8S. The van der Waals surface area contributed by atoms with E-state index in [1.165, 1.54) is 35.6 Å². The first kappa shape index (κ1) is 33.8. The van der Waals surface area contributed by atoms with E-state index in [1.807, 2.05) is 44.2 Å². The average Bonchev–Trinajstić information content (AvgIpc) is 3.46. The standard InChI is InChI=1S/C33H41N3O8S/c1-5-23(2)20-35(45(40,41)28-16-14-26(42-3)15-17-28)21-30(37)29(18-24-10-7-6-8-11-24)34-32(38)31-22-36(33(39)44-31)25-12-9-13-27(19-25)43-4/h6-17,19,23,29-31,37H,5,18,20-22H2,1-4H3,(H,34,38)/t23-,29-,30+,31-/m0/s1. The van der Waals surface area contributed by atoms with Gasteiger partial charge in [-0.1, -0.05) is 56.7 Å². The van der Waals surface area contributed by atoms with E-state index in [0.717, 1.165) is 12.0 Å². The van der Waals surface area contributed by atoms with Gasteiger partial charge in [0, 0.05) is 19.2 Å². The largest absolute Gasteiger partial charge is 0.497 e. The first-order valence-corrected chi connectivity index (χ1v) is 16.3. The summed E-state index contributed by atoms with van der Waals surface area (Å²) in [7, 11) is -0.994. The summed E-state index contributed by atoms with van der Waals surface area (Å²) in [6.07, 6.45) is -2.18. The quantitative estimate of drug-likeness (QED) is 0.256. The Hall–Kier alpha value is -4.13. The Morgan fingerprint density at radius 2 is 1.71 bits per heavy atom. The van der Waals surface area contributed by atoms with Crippen molar-refractivity contribution in [2.75, 3.05) is 38.8 Å². The van der Waals surface area contributed by atoms with E-state index >= 15 is 0 Å². The second-order valence-corrected chi connectivity index (χ2v) is 13.0. The molecule has 0 aliphatic carbocycles. The van der Waals surface area contributed by atoms with E-state index in [0.29, 0.717) is 17.2 Å². The third kappa shape index (κ3) is 8.53. The fourth-order valence-electron chi connectivity index (χ4n) is 5.00. The van der Waals surface area contributed by atoms with Gasteiger partial charge in [0.25, 0.3) is 5.91 Å². The van der Waals surface area contributed by atoms with Crippen LogP contribution >= 0.6 is 0 Å². The number of rotatable bonds is 15. The van der Waals surface area contributed by atoms with E-state index in [1.54, 1.807) is 36.4 Å². The zero-order chi connectivity index (χ0) is 32.6. The van der Waals surface area contributed by atoms with Crippen LogP contribution in [-0.2, 0) is 26.0 Å². The molecule has 1 saturated heterocycles. The number of ether oxygens (including phenoxy) is 3. The molecule has 0 saturated carbocycles. The van der Waals surface area contributed by atoms with Crippen LogP contribution in [0.15, 0.2) is 83.8 Å². The van der Waals surface area contributed by atoms with Gasteiger partial charge in [-0.15, -0.1) is 0 Å². The van der Waals surface area contributed by atoms with E-state index in [4.69, 9.17) is 14.2 Å². The number of carbonyl (C=O) groups excluding carboxylic acids is 2. The molecule has 45 heavy (non-hydrogen) atoms. The minimum atomic E-state index is -4.01. The zero-order valence-corrected chi connectivity index (χ0v) is 26.8. The first-order valence-electron chi connectivity index (χ1n) is 14.8. The average molecular weight is 640 g/mol. The number of aliphatic hydroxyl groups excluding tert-OH is 1. The van der Waals surface area contributed by atoms with Crippen LogP contribution in [0.3, 0.4) is 0 Å². The van der Waals surface area contributed by atoms with Crippen LogP contribution in [-0.4, -0.2) is 81.9 Å². The monoisotopic (exact) mass is 639 g/mol. The summed E-state index contributed by atoms with van der Waals surface area (Å²) in [5.74, 6) is 0.476. The molecule has 2 amide bonds. The van der Waals surface area contributed by atoms with Crippen LogP contribution in [0.1, 0.15) is 25.8 Å². The molecule has 1 aliphatic heterocycles. The Morgan fingerprint density at radius 1 is 1.02 bits per heavy atom. The first-order chi connectivity index (χ1) is 21.5. The molecule has 3 aromatic carbocycles. The van der Waals surface area contributed by atoms with Crippen molar-refractivity contribution in [1.29, 1.82) is 0 Å². The second-order valence-electron chi connectivity index (χ2n) is 11.1. The summed E-state index contributed by atoms with van der Waals surface area (Å²) in [6.45, 7) is 3.77. The minimum absolute atomic E-state index is 0.00730. The number of amides is 2. The lowest BCUT2D eigenvalue weighted by Gasteiger charge is -2.31. The Bertz CT molecular complexity index is 1540. The summed E-state index contributed by atoms with van der Waals surface area (Å²) >= 11 is 0. The minimum Gasteiger partial charge on any atom is -0.497 e. The van der Waals surface area contributed by atoms with Crippen LogP contribution in [0.25, 0.3) is 0 Å². The van der Waals surface area contributed by atoms with Crippen molar-refractivity contribution in [2.45, 2.75) is 49.8 Å². The number of hydrogen-bond donors (Lipinski definition) is 2.